The van der Waals surface area contributed by atoms with E-state index in [4.69, 9.17) is 19.4 Å². The number of benzene rings is 1. The number of aromatic nitrogens is 2. The van der Waals surface area contributed by atoms with Gasteiger partial charge >= 0.3 is 0 Å². The highest BCUT2D eigenvalue weighted by atomic mass is 32.2. The van der Waals surface area contributed by atoms with Crippen LogP contribution in [0.2, 0.25) is 0 Å². The lowest BCUT2D eigenvalue weighted by molar-refractivity contribution is -0.131. The van der Waals surface area contributed by atoms with Gasteiger partial charge in [0, 0.05) is 40.3 Å². The second-order valence-corrected chi connectivity index (χ2v) is 17.2. The van der Waals surface area contributed by atoms with E-state index in [0.29, 0.717) is 36.6 Å². The van der Waals surface area contributed by atoms with Crippen molar-refractivity contribution in [2.24, 2.45) is 11.3 Å². The molecule has 0 radical (unpaired) electrons. The number of hydrogen-bond acceptors (Lipinski definition) is 10. The predicted molar refractivity (Wildman–Crippen MR) is 182 cm³/mol. The lowest BCUT2D eigenvalue weighted by Crippen LogP contribution is -2.58. The third-order valence-corrected chi connectivity index (χ3v) is 13.2. The van der Waals surface area contributed by atoms with Gasteiger partial charge in [0.2, 0.25) is 15.9 Å². The van der Waals surface area contributed by atoms with Gasteiger partial charge in [-0.2, -0.15) is 0 Å². The van der Waals surface area contributed by atoms with Gasteiger partial charge in [0.1, 0.15) is 33.8 Å². The van der Waals surface area contributed by atoms with Crippen molar-refractivity contribution in [2.45, 2.75) is 89.2 Å². The van der Waals surface area contributed by atoms with Crippen molar-refractivity contribution < 1.29 is 27.5 Å². The molecule has 0 spiro atoms. The number of thiazole rings is 1. The summed E-state index contributed by atoms with van der Waals surface area (Å²) in [5.41, 5.74) is 1.20. The highest BCUT2D eigenvalue weighted by Crippen LogP contribution is 2.47. The molecule has 1 saturated heterocycles. The maximum atomic E-state index is 13.9. The molecule has 252 valence electrons. The number of carbonyl (C=O) groups excluding carboxylic acids is 2. The highest BCUT2D eigenvalue weighted by Gasteiger charge is 2.63. The number of nitrogens with one attached hydrogen (secondary N) is 3. The molecule has 1 aliphatic heterocycles. The molecule has 3 N–H and O–H groups in total. The molecule has 3 aliphatic rings. The van der Waals surface area contributed by atoms with Gasteiger partial charge in [-0.1, -0.05) is 33.8 Å². The molecule has 13 heteroatoms. The first-order valence-corrected chi connectivity index (χ1v) is 18.3. The molecule has 3 aromatic rings. The van der Waals surface area contributed by atoms with Crippen molar-refractivity contribution in [3.63, 3.8) is 0 Å². The average molecular weight is 682 g/mol. The standard InChI is InChI=1S/C34H43N5O6S2/c1-9-20-15-34(20,31(41)39-47(42,43)33(7)12-13-33)38-29(40)28-32(5,6)26(16-35-28)45-25-14-22(30-37-23(17-46-30)18(2)3)36-27-19(4)24(44-8)11-10-21(25)27/h9-11,14,17-18,20,26,28,35H,1,12-13,15-16H2,2-8H3,(H,38,40)(H,39,41)/t20-,26+,28-,34-/m1/s1. The maximum Gasteiger partial charge on any atom is 0.259 e. The summed E-state index contributed by atoms with van der Waals surface area (Å²) in [6, 6.07) is 5.00. The quantitative estimate of drug-likeness (QED) is 0.247. The lowest BCUT2D eigenvalue weighted by Gasteiger charge is -2.32. The number of amides is 2. The molecule has 6 rings (SSSR count). The Kier molecular flexibility index (Phi) is 8.20. The number of pyridine rings is 1. The Labute approximate surface area is 280 Å². The Morgan fingerprint density at radius 3 is 2.49 bits per heavy atom. The molecule has 0 bridgehead atoms. The van der Waals surface area contributed by atoms with E-state index in [1.54, 1.807) is 20.1 Å². The van der Waals surface area contributed by atoms with Gasteiger partial charge in [0.25, 0.3) is 5.91 Å². The average Bonchev–Trinajstić information content (AvgIpc) is 3.84. The topological polar surface area (TPSA) is 149 Å². The molecule has 1 aromatic carbocycles. The summed E-state index contributed by atoms with van der Waals surface area (Å²) in [5.74, 6) is 0.0950. The van der Waals surface area contributed by atoms with Crippen LogP contribution in [0.15, 0.2) is 36.2 Å². The second-order valence-electron chi connectivity index (χ2n) is 14.2. The van der Waals surface area contributed by atoms with E-state index in [-0.39, 0.29) is 18.3 Å². The van der Waals surface area contributed by atoms with Gasteiger partial charge in [-0.15, -0.1) is 17.9 Å². The maximum absolute atomic E-state index is 13.9. The van der Waals surface area contributed by atoms with Crippen LogP contribution in [0.1, 0.15) is 71.1 Å². The molecule has 2 aromatic heterocycles. The minimum Gasteiger partial charge on any atom is -0.496 e. The Morgan fingerprint density at radius 1 is 1.17 bits per heavy atom. The number of nitrogens with zero attached hydrogens (tertiary/aromatic N) is 2. The van der Waals surface area contributed by atoms with E-state index >= 15 is 0 Å². The number of sulfonamides is 1. The minimum atomic E-state index is -3.87. The summed E-state index contributed by atoms with van der Waals surface area (Å²) in [6.45, 7) is 15.8. The molecular formula is C34H43N5O6S2. The number of methoxy groups -OCH3 is 1. The van der Waals surface area contributed by atoms with E-state index in [9.17, 15) is 18.0 Å². The van der Waals surface area contributed by atoms with E-state index in [1.807, 2.05) is 44.4 Å². The summed E-state index contributed by atoms with van der Waals surface area (Å²) in [6.07, 6.45) is 2.41. The van der Waals surface area contributed by atoms with Crippen LogP contribution in [0.3, 0.4) is 0 Å². The number of aryl methyl sites for hydroxylation is 1. The van der Waals surface area contributed by atoms with E-state index in [2.05, 4.69) is 35.8 Å². The van der Waals surface area contributed by atoms with Crippen molar-refractivity contribution in [1.82, 2.24) is 25.3 Å². The number of ether oxygens (including phenoxy) is 2. The number of hydrogen-bond donors (Lipinski definition) is 3. The van der Waals surface area contributed by atoms with Crippen LogP contribution < -0.4 is 24.8 Å². The normalized spacial score (nSPS) is 25.7. The highest BCUT2D eigenvalue weighted by molar-refractivity contribution is 7.91. The Hall–Kier alpha value is -3.55. The number of rotatable bonds is 11. The summed E-state index contributed by atoms with van der Waals surface area (Å²) >= 11 is 1.53. The number of fused-ring (bicyclic) bond motifs is 1. The first-order chi connectivity index (χ1) is 22.1. The smallest absolute Gasteiger partial charge is 0.259 e. The zero-order chi connectivity index (χ0) is 34.1. The predicted octanol–water partition coefficient (Wildman–Crippen LogP) is 4.60. The summed E-state index contributed by atoms with van der Waals surface area (Å²) in [4.78, 5) is 37.0. The van der Waals surface area contributed by atoms with E-state index < -0.39 is 49.7 Å². The largest absolute Gasteiger partial charge is 0.496 e. The van der Waals surface area contributed by atoms with Crippen LogP contribution in [0.25, 0.3) is 21.6 Å². The van der Waals surface area contributed by atoms with Crippen LogP contribution in [0, 0.1) is 18.3 Å². The molecule has 4 atom stereocenters. The summed E-state index contributed by atoms with van der Waals surface area (Å²) in [7, 11) is -2.24. The molecular weight excluding hydrogens is 639 g/mol. The van der Waals surface area contributed by atoms with Gasteiger partial charge in [0.05, 0.1) is 29.1 Å². The van der Waals surface area contributed by atoms with Crippen LogP contribution in [0.5, 0.6) is 11.5 Å². The fraction of sp³-hybridized carbons (Fsp3) is 0.529. The van der Waals surface area contributed by atoms with Gasteiger partial charge in [-0.3, -0.25) is 14.3 Å². The van der Waals surface area contributed by atoms with Crippen LogP contribution in [0.4, 0.5) is 0 Å². The van der Waals surface area contributed by atoms with Crippen molar-refractivity contribution in [2.75, 3.05) is 13.7 Å². The third-order valence-electron chi connectivity index (χ3n) is 10.2. The Bertz CT molecular complexity index is 1880. The summed E-state index contributed by atoms with van der Waals surface area (Å²) < 4.78 is 39.3. The van der Waals surface area contributed by atoms with Gasteiger partial charge in [0.15, 0.2) is 0 Å². The molecule has 0 unspecified atom stereocenters. The Balaban J connectivity index is 1.26. The van der Waals surface area contributed by atoms with Crippen LogP contribution in [-0.2, 0) is 19.6 Å². The van der Waals surface area contributed by atoms with E-state index in [0.717, 1.165) is 27.2 Å². The molecule has 2 amide bonds. The number of carbonyl (C=O) groups is 2. The zero-order valence-corrected chi connectivity index (χ0v) is 29.5. The Morgan fingerprint density at radius 2 is 1.89 bits per heavy atom. The van der Waals surface area contributed by atoms with Crippen molar-refractivity contribution in [3.8, 4) is 22.2 Å². The van der Waals surface area contributed by atoms with Crippen LogP contribution >= 0.6 is 11.3 Å². The zero-order valence-electron chi connectivity index (χ0n) is 27.9. The third kappa shape index (κ3) is 5.69. The van der Waals surface area contributed by atoms with Gasteiger partial charge < -0.3 is 20.1 Å². The first kappa shape index (κ1) is 33.4. The SMILES string of the molecule is C=C[C@@H]1C[C@]1(NC(=O)[C@H]1NC[C@H](Oc2cc(-c3nc(C(C)C)cs3)nc3c(C)c(OC)ccc23)C1(C)C)C(=O)NS(=O)(=O)C1(C)CC1. The van der Waals surface area contributed by atoms with Crippen molar-refractivity contribution in [3.05, 3.63) is 47.5 Å². The molecule has 11 nitrogen and oxygen atoms in total. The fourth-order valence-corrected chi connectivity index (χ4v) is 8.55. The van der Waals surface area contributed by atoms with Gasteiger partial charge in [-0.05, 0) is 51.2 Å². The molecule has 3 fully saturated rings. The fourth-order valence-electron chi connectivity index (χ4n) is 6.30. The lowest BCUT2D eigenvalue weighted by atomic mass is 9.82. The summed E-state index contributed by atoms with van der Waals surface area (Å²) in [5, 5.41) is 9.84. The first-order valence-electron chi connectivity index (χ1n) is 15.9. The minimum absolute atomic E-state index is 0.275. The van der Waals surface area contributed by atoms with Crippen molar-refractivity contribution >= 4 is 44.1 Å². The molecule has 2 saturated carbocycles. The second kappa shape index (κ2) is 11.6. The molecule has 3 heterocycles. The van der Waals surface area contributed by atoms with Crippen molar-refractivity contribution in [1.29, 1.82) is 0 Å². The monoisotopic (exact) mass is 681 g/mol. The molecule has 2 aliphatic carbocycles. The molecule has 47 heavy (non-hydrogen) atoms. The van der Waals surface area contributed by atoms with E-state index in [1.165, 1.54) is 11.3 Å². The van der Waals surface area contributed by atoms with Crippen LogP contribution in [-0.4, -0.2) is 66.3 Å². The van der Waals surface area contributed by atoms with Gasteiger partial charge in [-0.25, -0.2) is 18.4 Å².